The van der Waals surface area contributed by atoms with Crippen molar-refractivity contribution in [3.05, 3.63) is 53.7 Å². The lowest BCUT2D eigenvalue weighted by Gasteiger charge is -2.18. The summed E-state index contributed by atoms with van der Waals surface area (Å²) in [6.07, 6.45) is 3.82. The maximum absolute atomic E-state index is 12.4. The number of esters is 1. The van der Waals surface area contributed by atoms with E-state index in [1.807, 2.05) is 24.3 Å². The summed E-state index contributed by atoms with van der Waals surface area (Å²) in [5.41, 5.74) is 1.29. The fraction of sp³-hybridized carbons (Fsp3) is 0.350. The minimum absolute atomic E-state index is 0.333. The third kappa shape index (κ3) is 4.97. The van der Waals surface area contributed by atoms with E-state index in [0.29, 0.717) is 17.9 Å². The Morgan fingerprint density at radius 2 is 2.00 bits per heavy atom. The number of methoxy groups -OCH3 is 1. The molecule has 1 aliphatic heterocycles. The first-order valence-electron chi connectivity index (χ1n) is 8.94. The van der Waals surface area contributed by atoms with Gasteiger partial charge in [-0.1, -0.05) is 12.1 Å². The third-order valence-electron chi connectivity index (χ3n) is 4.37. The predicted octanol–water partition coefficient (Wildman–Crippen LogP) is 2.16. The first-order valence-corrected chi connectivity index (χ1v) is 8.94. The van der Waals surface area contributed by atoms with Crippen molar-refractivity contribution in [3.8, 4) is 5.75 Å². The van der Waals surface area contributed by atoms with Gasteiger partial charge >= 0.3 is 5.97 Å². The lowest BCUT2D eigenvalue weighted by atomic mass is 10.2. The quantitative estimate of drug-likeness (QED) is 0.754. The van der Waals surface area contributed by atoms with Crippen molar-refractivity contribution in [3.63, 3.8) is 0 Å². The van der Waals surface area contributed by atoms with Gasteiger partial charge in [-0.3, -0.25) is 4.79 Å². The first-order chi connectivity index (χ1) is 13.2. The number of anilines is 1. The molecule has 0 bridgehead atoms. The molecule has 2 aromatic rings. The summed E-state index contributed by atoms with van der Waals surface area (Å²) >= 11 is 0. The van der Waals surface area contributed by atoms with Crippen LogP contribution in [-0.2, 0) is 16.1 Å². The number of rotatable bonds is 7. The summed E-state index contributed by atoms with van der Waals surface area (Å²) in [4.78, 5) is 30.8. The van der Waals surface area contributed by atoms with Gasteiger partial charge in [0.1, 0.15) is 17.1 Å². The van der Waals surface area contributed by atoms with E-state index >= 15 is 0 Å². The number of nitrogens with zero attached hydrogens (tertiary/aromatic N) is 2. The minimum atomic E-state index is -0.540. The molecule has 1 aromatic carbocycles. The van der Waals surface area contributed by atoms with Crippen molar-refractivity contribution in [1.29, 1.82) is 0 Å². The van der Waals surface area contributed by atoms with Gasteiger partial charge in [0.2, 0.25) is 0 Å². The van der Waals surface area contributed by atoms with Crippen LogP contribution in [0.3, 0.4) is 0 Å². The smallest absolute Gasteiger partial charge is 0.342 e. The average molecular weight is 369 g/mol. The molecule has 0 radical (unpaired) electrons. The van der Waals surface area contributed by atoms with Gasteiger partial charge in [-0.25, -0.2) is 9.78 Å². The second kappa shape index (κ2) is 9.02. The maximum atomic E-state index is 12.4. The molecule has 0 atom stereocenters. The van der Waals surface area contributed by atoms with Crippen LogP contribution in [0.1, 0.15) is 28.8 Å². The summed E-state index contributed by atoms with van der Waals surface area (Å²) in [5.74, 6) is 0.440. The van der Waals surface area contributed by atoms with E-state index in [9.17, 15) is 9.59 Å². The Bertz CT molecular complexity index is 803. The zero-order valence-corrected chi connectivity index (χ0v) is 15.3. The summed E-state index contributed by atoms with van der Waals surface area (Å²) in [7, 11) is 1.59. The molecule has 142 valence electrons. The van der Waals surface area contributed by atoms with Gasteiger partial charge in [0.05, 0.1) is 7.11 Å². The van der Waals surface area contributed by atoms with Crippen LogP contribution in [0.15, 0.2) is 42.6 Å². The molecule has 1 amide bonds. The number of amides is 1. The van der Waals surface area contributed by atoms with Crippen LogP contribution >= 0.6 is 0 Å². The molecule has 1 saturated heterocycles. The number of carbonyl (C=O) groups is 2. The van der Waals surface area contributed by atoms with Crippen LogP contribution in [0.4, 0.5) is 5.82 Å². The third-order valence-corrected chi connectivity index (χ3v) is 4.37. The molecule has 1 aromatic heterocycles. The lowest BCUT2D eigenvalue weighted by Crippen LogP contribution is -2.29. The summed E-state index contributed by atoms with van der Waals surface area (Å²) in [5, 5.41) is 2.73. The Hall–Kier alpha value is -3.09. The van der Waals surface area contributed by atoms with Crippen LogP contribution in [0.5, 0.6) is 5.75 Å². The lowest BCUT2D eigenvalue weighted by molar-refractivity contribution is -0.124. The molecule has 1 aliphatic rings. The Morgan fingerprint density at radius 3 is 2.78 bits per heavy atom. The number of benzene rings is 1. The highest BCUT2D eigenvalue weighted by molar-refractivity contribution is 5.96. The molecule has 7 heteroatoms. The van der Waals surface area contributed by atoms with E-state index in [4.69, 9.17) is 9.47 Å². The number of ether oxygens (including phenoxy) is 2. The molecule has 0 spiro atoms. The van der Waals surface area contributed by atoms with Gasteiger partial charge in [-0.15, -0.1) is 0 Å². The Balaban J connectivity index is 1.52. The number of hydrogen-bond acceptors (Lipinski definition) is 6. The molecule has 0 saturated carbocycles. The van der Waals surface area contributed by atoms with E-state index in [-0.39, 0.29) is 12.5 Å². The van der Waals surface area contributed by atoms with Crippen LogP contribution in [0.2, 0.25) is 0 Å². The molecule has 1 N–H and O–H groups in total. The largest absolute Gasteiger partial charge is 0.497 e. The molecule has 0 aliphatic carbocycles. The highest BCUT2D eigenvalue weighted by Gasteiger charge is 2.21. The van der Waals surface area contributed by atoms with E-state index in [0.717, 1.165) is 37.2 Å². The Kier molecular flexibility index (Phi) is 6.25. The molecular weight excluding hydrogens is 346 g/mol. The molecule has 3 rings (SSSR count). The first kappa shape index (κ1) is 18.7. The zero-order valence-electron chi connectivity index (χ0n) is 15.3. The van der Waals surface area contributed by atoms with Crippen molar-refractivity contribution in [2.75, 3.05) is 31.7 Å². The standard InChI is InChI=1S/C20H23N3O4/c1-26-16-7-4-6-15(12-16)13-22-18(24)14-27-20(25)17-8-5-9-21-19(17)23-10-2-3-11-23/h4-9,12H,2-3,10-11,13-14H2,1H3,(H,22,24). The molecule has 27 heavy (non-hydrogen) atoms. The van der Waals surface area contributed by atoms with Crippen LogP contribution in [0, 0.1) is 0 Å². The van der Waals surface area contributed by atoms with Crippen LogP contribution in [-0.4, -0.2) is 43.7 Å². The average Bonchev–Trinajstić information content (AvgIpc) is 3.25. The van der Waals surface area contributed by atoms with E-state index in [2.05, 4.69) is 15.2 Å². The fourth-order valence-electron chi connectivity index (χ4n) is 2.98. The van der Waals surface area contributed by atoms with Crippen molar-refractivity contribution < 1.29 is 19.1 Å². The number of hydrogen-bond donors (Lipinski definition) is 1. The normalized spacial score (nSPS) is 13.3. The number of carbonyl (C=O) groups excluding carboxylic acids is 2. The van der Waals surface area contributed by atoms with Crippen molar-refractivity contribution in [1.82, 2.24) is 10.3 Å². The predicted molar refractivity (Wildman–Crippen MR) is 101 cm³/mol. The van der Waals surface area contributed by atoms with Gasteiger partial charge < -0.3 is 19.7 Å². The topological polar surface area (TPSA) is 80.8 Å². The van der Waals surface area contributed by atoms with Gasteiger partial charge in [-0.2, -0.15) is 0 Å². The fourth-order valence-corrected chi connectivity index (χ4v) is 2.98. The second-order valence-electron chi connectivity index (χ2n) is 6.27. The van der Waals surface area contributed by atoms with Gasteiger partial charge in [0, 0.05) is 25.8 Å². The second-order valence-corrected chi connectivity index (χ2v) is 6.27. The summed E-state index contributed by atoms with van der Waals surface area (Å²) in [6, 6.07) is 10.8. The maximum Gasteiger partial charge on any atom is 0.342 e. The number of pyridine rings is 1. The van der Waals surface area contributed by atoms with E-state index < -0.39 is 5.97 Å². The van der Waals surface area contributed by atoms with Gasteiger partial charge in [0.25, 0.3) is 5.91 Å². The molecule has 0 unspecified atom stereocenters. The molecular formula is C20H23N3O4. The summed E-state index contributed by atoms with van der Waals surface area (Å²) < 4.78 is 10.3. The molecule has 1 fully saturated rings. The molecule has 2 heterocycles. The van der Waals surface area contributed by atoms with Gasteiger partial charge in [-0.05, 0) is 42.7 Å². The Morgan fingerprint density at radius 1 is 1.19 bits per heavy atom. The van der Waals surface area contributed by atoms with Crippen molar-refractivity contribution >= 4 is 17.7 Å². The van der Waals surface area contributed by atoms with E-state index in [1.165, 1.54) is 0 Å². The van der Waals surface area contributed by atoms with Crippen molar-refractivity contribution in [2.45, 2.75) is 19.4 Å². The van der Waals surface area contributed by atoms with Crippen LogP contribution < -0.4 is 15.0 Å². The van der Waals surface area contributed by atoms with Crippen LogP contribution in [0.25, 0.3) is 0 Å². The Labute approximate surface area is 158 Å². The molecule has 7 nitrogen and oxygen atoms in total. The van der Waals surface area contributed by atoms with Gasteiger partial charge in [0.15, 0.2) is 6.61 Å². The van der Waals surface area contributed by atoms with E-state index in [1.54, 1.807) is 25.4 Å². The van der Waals surface area contributed by atoms with Crippen molar-refractivity contribution in [2.24, 2.45) is 0 Å². The number of aromatic nitrogens is 1. The monoisotopic (exact) mass is 369 g/mol. The SMILES string of the molecule is COc1cccc(CNC(=O)COC(=O)c2cccnc2N2CCCC2)c1. The zero-order chi connectivity index (χ0) is 19.1. The highest BCUT2D eigenvalue weighted by Crippen LogP contribution is 2.22. The highest BCUT2D eigenvalue weighted by atomic mass is 16.5. The summed E-state index contributed by atoms with van der Waals surface area (Å²) in [6.45, 7) is 1.74. The number of nitrogens with one attached hydrogen (secondary N) is 1. The minimum Gasteiger partial charge on any atom is -0.497 e.